The van der Waals surface area contributed by atoms with E-state index in [1.165, 1.54) is 16.7 Å². The highest BCUT2D eigenvalue weighted by molar-refractivity contribution is 6.31. The molecule has 5 heteroatoms. The van der Waals surface area contributed by atoms with E-state index in [-0.39, 0.29) is 11.5 Å². The average molecular weight is 483 g/mol. The molecular weight excluding hydrogens is 444 g/mol. The summed E-state index contributed by atoms with van der Waals surface area (Å²) in [7, 11) is 0. The Balaban J connectivity index is 1.64. The van der Waals surface area contributed by atoms with Gasteiger partial charge in [-0.1, -0.05) is 53.6 Å². The quantitative estimate of drug-likeness (QED) is 0.303. The maximum atomic E-state index is 12.6. The molecule has 4 nitrogen and oxygen atoms in total. The number of ether oxygens (including phenoxy) is 1. The van der Waals surface area contributed by atoms with Crippen LogP contribution in [0.15, 0.2) is 59.9 Å². The van der Waals surface area contributed by atoms with E-state index in [2.05, 4.69) is 49.1 Å². The van der Waals surface area contributed by atoms with Crippen LogP contribution in [0.5, 0.6) is 0 Å². The van der Waals surface area contributed by atoms with Gasteiger partial charge in [-0.2, -0.15) is 0 Å². The monoisotopic (exact) mass is 482 g/mol. The van der Waals surface area contributed by atoms with Crippen molar-refractivity contribution in [2.75, 3.05) is 26.2 Å². The van der Waals surface area contributed by atoms with Crippen molar-refractivity contribution < 1.29 is 9.53 Å². The third-order valence-corrected chi connectivity index (χ3v) is 7.49. The molecular formula is C29H39ClN2O2. The molecule has 0 bridgehead atoms. The van der Waals surface area contributed by atoms with Crippen LogP contribution in [-0.4, -0.2) is 42.1 Å². The number of cyclic esters (lactones) is 1. The van der Waals surface area contributed by atoms with E-state index in [0.29, 0.717) is 13.2 Å². The first-order valence-corrected chi connectivity index (χ1v) is 12.7. The summed E-state index contributed by atoms with van der Waals surface area (Å²) >= 11 is 6.61. The fourth-order valence-corrected chi connectivity index (χ4v) is 5.13. The van der Waals surface area contributed by atoms with E-state index in [1.54, 1.807) is 0 Å². The number of hydrogen-bond acceptors (Lipinski definition) is 3. The van der Waals surface area contributed by atoms with Gasteiger partial charge in [0.05, 0.1) is 0 Å². The number of likely N-dealkylation sites (tertiary alicyclic amines) is 1. The van der Waals surface area contributed by atoms with Gasteiger partial charge in [0, 0.05) is 29.2 Å². The number of carbonyl (C=O) groups is 1. The lowest BCUT2D eigenvalue weighted by Crippen LogP contribution is -2.53. The van der Waals surface area contributed by atoms with Gasteiger partial charge in [0.1, 0.15) is 6.61 Å². The Bertz CT molecular complexity index is 974. The van der Waals surface area contributed by atoms with Gasteiger partial charge in [-0.25, -0.2) is 4.79 Å². The Morgan fingerprint density at radius 2 is 1.88 bits per heavy atom. The summed E-state index contributed by atoms with van der Waals surface area (Å²) < 4.78 is 5.69. The van der Waals surface area contributed by atoms with Crippen LogP contribution in [-0.2, 0) is 17.7 Å². The van der Waals surface area contributed by atoms with Crippen molar-refractivity contribution in [2.24, 2.45) is 5.41 Å². The summed E-state index contributed by atoms with van der Waals surface area (Å²) in [4.78, 5) is 16.9. The highest BCUT2D eigenvalue weighted by Crippen LogP contribution is 2.38. The Hall–Kier alpha value is -2.30. The van der Waals surface area contributed by atoms with E-state index < -0.39 is 0 Å². The van der Waals surface area contributed by atoms with E-state index in [4.69, 9.17) is 16.3 Å². The summed E-state index contributed by atoms with van der Waals surface area (Å²) in [6, 6.07) is 4.40. The standard InChI is InChI=1S/C29H39ClN2O2/c1-6-9-10-26-23(5)17-24(18-27(26)30)19-31-15-13-29(14-16-31)20-32(28(33)34-21-29)25(8-3)12-11-22(4)7-2/h6-9,11-12,17-18H,10,13-16,19-21H2,1-5H3/b9-6-,12-11-,22-7-,25-8+. The summed E-state index contributed by atoms with van der Waals surface area (Å²) in [5.41, 5.74) is 5.80. The van der Waals surface area contributed by atoms with Gasteiger partial charge in [0.25, 0.3) is 0 Å². The minimum atomic E-state index is -0.243. The minimum absolute atomic E-state index is 0.00601. The molecule has 1 spiro atoms. The molecule has 2 saturated heterocycles. The zero-order valence-corrected chi connectivity index (χ0v) is 22.1. The number of piperidine rings is 1. The van der Waals surface area contributed by atoms with Crippen molar-refractivity contribution in [3.8, 4) is 0 Å². The second-order valence-electron chi connectivity index (χ2n) is 9.64. The number of halogens is 1. The second-order valence-corrected chi connectivity index (χ2v) is 10.0. The first-order valence-electron chi connectivity index (χ1n) is 12.3. The van der Waals surface area contributed by atoms with E-state index >= 15 is 0 Å². The van der Waals surface area contributed by atoms with Crippen molar-refractivity contribution in [2.45, 2.75) is 60.4 Å². The number of aryl methyl sites for hydroxylation is 1. The maximum absolute atomic E-state index is 12.6. The zero-order chi connectivity index (χ0) is 24.7. The first kappa shape index (κ1) is 26.3. The number of allylic oxidation sites excluding steroid dienone is 7. The van der Waals surface area contributed by atoms with Crippen LogP contribution in [0.3, 0.4) is 0 Å². The molecule has 34 heavy (non-hydrogen) atoms. The number of benzene rings is 1. The SMILES string of the molecule is C/C=C\Cc1c(C)cc(CN2CCC3(CC2)COC(=O)N(C(/C=C\C(C)=C/C)=C/C)C3)cc1Cl. The number of nitrogens with zero attached hydrogens (tertiary/aromatic N) is 2. The average Bonchev–Trinajstić information content (AvgIpc) is 2.82. The first-order chi connectivity index (χ1) is 16.3. The lowest BCUT2D eigenvalue weighted by atomic mass is 9.77. The van der Waals surface area contributed by atoms with Gasteiger partial charge < -0.3 is 4.74 Å². The molecule has 0 N–H and O–H groups in total. The van der Waals surface area contributed by atoms with Crippen LogP contribution in [0.25, 0.3) is 0 Å². The van der Waals surface area contributed by atoms with Crippen LogP contribution in [0.2, 0.25) is 5.02 Å². The molecule has 184 valence electrons. The Morgan fingerprint density at radius 1 is 1.15 bits per heavy atom. The topological polar surface area (TPSA) is 32.8 Å². The predicted octanol–water partition coefficient (Wildman–Crippen LogP) is 7.23. The molecule has 0 atom stereocenters. The van der Waals surface area contributed by atoms with Gasteiger partial charge >= 0.3 is 6.09 Å². The van der Waals surface area contributed by atoms with Gasteiger partial charge in [-0.05, 0) is 95.8 Å². The summed E-state index contributed by atoms with van der Waals surface area (Å²) in [6.07, 6.45) is 15.0. The molecule has 0 aromatic heterocycles. The molecule has 2 fully saturated rings. The van der Waals surface area contributed by atoms with Crippen LogP contribution < -0.4 is 0 Å². The van der Waals surface area contributed by atoms with Crippen LogP contribution in [0.1, 0.15) is 57.2 Å². The van der Waals surface area contributed by atoms with Crippen molar-refractivity contribution in [1.29, 1.82) is 0 Å². The lowest BCUT2D eigenvalue weighted by molar-refractivity contribution is -0.0298. The molecule has 2 aliphatic rings. The summed E-state index contributed by atoms with van der Waals surface area (Å²) in [6.45, 7) is 14.3. The Morgan fingerprint density at radius 3 is 2.50 bits per heavy atom. The number of carbonyl (C=O) groups excluding carboxylic acids is 1. The van der Waals surface area contributed by atoms with E-state index in [9.17, 15) is 4.79 Å². The summed E-state index contributed by atoms with van der Waals surface area (Å²) in [5.74, 6) is 0. The third kappa shape index (κ3) is 6.43. The molecule has 0 unspecified atom stereocenters. The van der Waals surface area contributed by atoms with Crippen LogP contribution in [0.4, 0.5) is 4.79 Å². The van der Waals surface area contributed by atoms with Gasteiger partial charge in [-0.3, -0.25) is 9.80 Å². The van der Waals surface area contributed by atoms with Gasteiger partial charge in [0.15, 0.2) is 0 Å². The zero-order valence-electron chi connectivity index (χ0n) is 21.4. The molecule has 2 heterocycles. The fraction of sp³-hybridized carbons (Fsp3) is 0.483. The molecule has 1 aromatic carbocycles. The largest absolute Gasteiger partial charge is 0.448 e. The molecule has 1 amide bonds. The van der Waals surface area contributed by atoms with Gasteiger partial charge in [-0.15, -0.1) is 0 Å². The smallest absolute Gasteiger partial charge is 0.414 e. The van der Waals surface area contributed by atoms with Gasteiger partial charge in [0.2, 0.25) is 0 Å². The second kappa shape index (κ2) is 11.9. The molecule has 3 rings (SSSR count). The van der Waals surface area contributed by atoms with Crippen molar-refractivity contribution >= 4 is 17.7 Å². The molecule has 0 aliphatic carbocycles. The van der Waals surface area contributed by atoms with Crippen molar-refractivity contribution in [3.05, 3.63) is 81.6 Å². The minimum Gasteiger partial charge on any atom is -0.448 e. The summed E-state index contributed by atoms with van der Waals surface area (Å²) in [5, 5.41) is 0.858. The highest BCUT2D eigenvalue weighted by Gasteiger charge is 2.43. The maximum Gasteiger partial charge on any atom is 0.414 e. The van der Waals surface area contributed by atoms with Crippen LogP contribution in [0, 0.1) is 12.3 Å². The van der Waals surface area contributed by atoms with Crippen LogP contribution >= 0.6 is 11.6 Å². The molecule has 2 aliphatic heterocycles. The lowest BCUT2D eigenvalue weighted by Gasteiger charge is -2.46. The molecule has 0 saturated carbocycles. The number of rotatable bonds is 7. The normalized spacial score (nSPS) is 20.1. The molecule has 0 radical (unpaired) electrons. The molecule has 1 aromatic rings. The van der Waals surface area contributed by atoms with E-state index in [1.807, 2.05) is 43.9 Å². The fourth-order valence-electron chi connectivity index (χ4n) is 4.77. The van der Waals surface area contributed by atoms with Crippen molar-refractivity contribution in [1.82, 2.24) is 9.80 Å². The Kier molecular flexibility index (Phi) is 9.21. The highest BCUT2D eigenvalue weighted by atomic mass is 35.5. The van der Waals surface area contributed by atoms with Crippen molar-refractivity contribution in [3.63, 3.8) is 0 Å². The number of hydrogen-bond donors (Lipinski definition) is 0. The Labute approximate surface area is 210 Å². The predicted molar refractivity (Wildman–Crippen MR) is 142 cm³/mol. The third-order valence-electron chi connectivity index (χ3n) is 7.15. The van der Waals surface area contributed by atoms with E-state index in [0.717, 1.165) is 55.2 Å². The number of amides is 1.